The fourth-order valence-corrected chi connectivity index (χ4v) is 4.24. The number of amides is 1. The zero-order valence-electron chi connectivity index (χ0n) is 15.4. The summed E-state index contributed by atoms with van der Waals surface area (Å²) in [5.41, 5.74) is 3.91. The van der Waals surface area contributed by atoms with Crippen molar-refractivity contribution in [2.24, 2.45) is 5.92 Å². The number of piperidine rings is 1. The molecule has 138 valence electrons. The minimum Gasteiger partial charge on any atom is -0.347 e. The zero-order chi connectivity index (χ0) is 17.8. The van der Waals surface area contributed by atoms with E-state index in [1.54, 1.807) is 6.33 Å². The molecule has 1 aromatic heterocycles. The second kappa shape index (κ2) is 8.04. The SMILES string of the molecule is O=C(CCC1CCN(Cc2cnc[nH]2)CC1)N1CCc2ccccc2C1. The Hall–Kier alpha value is -2.14. The minimum atomic E-state index is 0.333. The van der Waals surface area contributed by atoms with Crippen LogP contribution in [0.15, 0.2) is 36.8 Å². The fourth-order valence-electron chi connectivity index (χ4n) is 4.24. The number of hydrogen-bond acceptors (Lipinski definition) is 3. The molecule has 0 radical (unpaired) electrons. The Morgan fingerprint density at radius 3 is 2.73 bits per heavy atom. The van der Waals surface area contributed by atoms with Crippen LogP contribution in [0, 0.1) is 5.92 Å². The van der Waals surface area contributed by atoms with E-state index in [1.165, 1.54) is 29.7 Å². The van der Waals surface area contributed by atoms with Gasteiger partial charge in [0.2, 0.25) is 5.91 Å². The van der Waals surface area contributed by atoms with Crippen LogP contribution in [0.2, 0.25) is 0 Å². The van der Waals surface area contributed by atoms with Crippen molar-refractivity contribution in [3.63, 3.8) is 0 Å². The maximum Gasteiger partial charge on any atom is 0.222 e. The van der Waals surface area contributed by atoms with Crippen LogP contribution in [-0.2, 0) is 24.3 Å². The zero-order valence-corrected chi connectivity index (χ0v) is 15.4. The Labute approximate surface area is 155 Å². The summed E-state index contributed by atoms with van der Waals surface area (Å²) in [4.78, 5) is 24.4. The van der Waals surface area contributed by atoms with Crippen LogP contribution in [0.4, 0.5) is 0 Å². The first-order chi connectivity index (χ1) is 12.8. The van der Waals surface area contributed by atoms with Crippen molar-refractivity contribution in [2.45, 2.75) is 45.2 Å². The van der Waals surface area contributed by atoms with E-state index in [0.29, 0.717) is 18.2 Å². The van der Waals surface area contributed by atoms with Gasteiger partial charge in [0, 0.05) is 37.9 Å². The normalized spacial score (nSPS) is 18.7. The molecule has 1 saturated heterocycles. The van der Waals surface area contributed by atoms with Crippen molar-refractivity contribution < 1.29 is 4.79 Å². The standard InChI is InChI=1S/C21H28N4O/c26-21(25-12-9-18-3-1-2-4-19(18)14-25)6-5-17-7-10-24(11-8-17)15-20-13-22-16-23-20/h1-4,13,16-17H,5-12,14-15H2,(H,22,23). The van der Waals surface area contributed by atoms with Gasteiger partial charge in [-0.3, -0.25) is 9.69 Å². The molecule has 2 aliphatic rings. The van der Waals surface area contributed by atoms with Gasteiger partial charge in [-0.2, -0.15) is 0 Å². The Morgan fingerprint density at radius 2 is 1.96 bits per heavy atom. The van der Waals surface area contributed by atoms with E-state index in [4.69, 9.17) is 0 Å². The number of hydrogen-bond donors (Lipinski definition) is 1. The van der Waals surface area contributed by atoms with Crippen molar-refractivity contribution in [1.82, 2.24) is 19.8 Å². The van der Waals surface area contributed by atoms with Crippen LogP contribution in [0.5, 0.6) is 0 Å². The summed E-state index contributed by atoms with van der Waals surface area (Å²) in [6.07, 6.45) is 8.78. The van der Waals surface area contributed by atoms with Crippen molar-refractivity contribution >= 4 is 5.91 Å². The molecule has 0 bridgehead atoms. The van der Waals surface area contributed by atoms with Gasteiger partial charge in [0.25, 0.3) is 0 Å². The van der Waals surface area contributed by atoms with Crippen molar-refractivity contribution in [3.8, 4) is 0 Å². The predicted octanol–water partition coefficient (Wildman–Crippen LogP) is 2.99. The summed E-state index contributed by atoms with van der Waals surface area (Å²) in [6.45, 7) is 4.86. The smallest absolute Gasteiger partial charge is 0.222 e. The maximum atomic E-state index is 12.6. The monoisotopic (exact) mass is 352 g/mol. The van der Waals surface area contributed by atoms with Crippen LogP contribution in [0.3, 0.4) is 0 Å². The number of H-pyrrole nitrogens is 1. The van der Waals surface area contributed by atoms with Gasteiger partial charge in [-0.25, -0.2) is 4.98 Å². The molecule has 0 unspecified atom stereocenters. The maximum absolute atomic E-state index is 12.6. The molecule has 0 aliphatic carbocycles. The number of carbonyl (C=O) groups excluding carboxylic acids is 1. The van der Waals surface area contributed by atoms with E-state index in [-0.39, 0.29) is 0 Å². The highest BCUT2D eigenvalue weighted by molar-refractivity contribution is 5.76. The van der Waals surface area contributed by atoms with Gasteiger partial charge in [-0.1, -0.05) is 24.3 Å². The molecule has 2 aliphatic heterocycles. The van der Waals surface area contributed by atoms with E-state index >= 15 is 0 Å². The van der Waals surface area contributed by atoms with Crippen molar-refractivity contribution in [2.75, 3.05) is 19.6 Å². The number of benzene rings is 1. The first-order valence-electron chi connectivity index (χ1n) is 9.82. The summed E-state index contributed by atoms with van der Waals surface area (Å²) in [5.74, 6) is 1.02. The summed E-state index contributed by atoms with van der Waals surface area (Å²) in [7, 11) is 0. The molecule has 5 nitrogen and oxygen atoms in total. The minimum absolute atomic E-state index is 0.333. The lowest BCUT2D eigenvalue weighted by molar-refractivity contribution is -0.132. The van der Waals surface area contributed by atoms with Crippen molar-refractivity contribution in [3.05, 3.63) is 53.6 Å². The number of fused-ring (bicyclic) bond motifs is 1. The average Bonchev–Trinajstić information content (AvgIpc) is 3.20. The van der Waals surface area contributed by atoms with Gasteiger partial charge in [-0.05, 0) is 55.8 Å². The quantitative estimate of drug-likeness (QED) is 0.900. The molecular formula is C21H28N4O. The molecule has 1 aromatic carbocycles. The van der Waals surface area contributed by atoms with Gasteiger partial charge >= 0.3 is 0 Å². The van der Waals surface area contributed by atoms with Crippen LogP contribution < -0.4 is 0 Å². The van der Waals surface area contributed by atoms with Gasteiger partial charge in [0.1, 0.15) is 0 Å². The molecule has 0 saturated carbocycles. The van der Waals surface area contributed by atoms with Crippen LogP contribution in [0.1, 0.15) is 42.5 Å². The number of rotatable bonds is 5. The van der Waals surface area contributed by atoms with Crippen LogP contribution in [0.25, 0.3) is 0 Å². The Kier molecular flexibility index (Phi) is 5.34. The highest BCUT2D eigenvalue weighted by Gasteiger charge is 2.23. The molecule has 0 spiro atoms. The van der Waals surface area contributed by atoms with E-state index in [0.717, 1.165) is 45.6 Å². The summed E-state index contributed by atoms with van der Waals surface area (Å²) >= 11 is 0. The Bertz CT molecular complexity index is 719. The third-order valence-electron chi connectivity index (χ3n) is 5.91. The van der Waals surface area contributed by atoms with Crippen LogP contribution in [-0.4, -0.2) is 45.3 Å². The first kappa shape index (κ1) is 17.3. The van der Waals surface area contributed by atoms with Gasteiger partial charge in [-0.15, -0.1) is 0 Å². The lowest BCUT2D eigenvalue weighted by atomic mass is 9.91. The molecule has 26 heavy (non-hydrogen) atoms. The fraction of sp³-hybridized carbons (Fsp3) is 0.524. The van der Waals surface area contributed by atoms with Gasteiger partial charge in [0.15, 0.2) is 0 Å². The third kappa shape index (κ3) is 4.15. The second-order valence-corrected chi connectivity index (χ2v) is 7.67. The molecule has 1 N–H and O–H groups in total. The highest BCUT2D eigenvalue weighted by atomic mass is 16.2. The number of imidazole rings is 1. The van der Waals surface area contributed by atoms with Gasteiger partial charge < -0.3 is 9.88 Å². The third-order valence-corrected chi connectivity index (χ3v) is 5.91. The van der Waals surface area contributed by atoms with E-state index in [2.05, 4.69) is 44.0 Å². The van der Waals surface area contributed by atoms with Crippen LogP contribution >= 0.6 is 0 Å². The number of carbonyl (C=O) groups is 1. The number of nitrogens with zero attached hydrogens (tertiary/aromatic N) is 3. The predicted molar refractivity (Wildman–Crippen MR) is 101 cm³/mol. The number of nitrogens with one attached hydrogen (secondary N) is 1. The summed E-state index contributed by atoms with van der Waals surface area (Å²) < 4.78 is 0. The Balaban J connectivity index is 1.20. The molecule has 0 atom stereocenters. The average molecular weight is 352 g/mol. The molecule has 5 heteroatoms. The molecular weight excluding hydrogens is 324 g/mol. The number of aromatic nitrogens is 2. The molecule has 1 amide bonds. The lowest BCUT2D eigenvalue weighted by Gasteiger charge is -2.32. The molecule has 3 heterocycles. The topological polar surface area (TPSA) is 52.2 Å². The Morgan fingerprint density at radius 1 is 1.15 bits per heavy atom. The molecule has 2 aromatic rings. The van der Waals surface area contributed by atoms with E-state index < -0.39 is 0 Å². The largest absolute Gasteiger partial charge is 0.347 e. The first-order valence-corrected chi connectivity index (χ1v) is 9.82. The summed E-state index contributed by atoms with van der Waals surface area (Å²) in [6, 6.07) is 8.51. The summed E-state index contributed by atoms with van der Waals surface area (Å²) in [5, 5.41) is 0. The van der Waals surface area contributed by atoms with Crippen molar-refractivity contribution in [1.29, 1.82) is 0 Å². The lowest BCUT2D eigenvalue weighted by Crippen LogP contribution is -2.37. The number of aromatic amines is 1. The highest BCUT2D eigenvalue weighted by Crippen LogP contribution is 2.24. The van der Waals surface area contributed by atoms with E-state index in [9.17, 15) is 4.79 Å². The van der Waals surface area contributed by atoms with E-state index in [1.807, 2.05) is 6.20 Å². The number of likely N-dealkylation sites (tertiary alicyclic amines) is 1. The molecule has 4 rings (SSSR count). The molecule has 1 fully saturated rings. The second-order valence-electron chi connectivity index (χ2n) is 7.67. The van der Waals surface area contributed by atoms with Gasteiger partial charge in [0.05, 0.1) is 6.33 Å².